The summed E-state index contributed by atoms with van der Waals surface area (Å²) in [6.07, 6.45) is 45.0. The number of hydrogen-bond acceptors (Lipinski definition) is 14. The van der Waals surface area contributed by atoms with Gasteiger partial charge in [-0.2, -0.15) is 9.59 Å². The molecule has 1 unspecified atom stereocenters. The fourth-order valence-corrected chi connectivity index (χ4v) is 17.2. The summed E-state index contributed by atoms with van der Waals surface area (Å²) in [7, 11) is 1.74. The van der Waals surface area contributed by atoms with Gasteiger partial charge in [0.1, 0.15) is 0 Å². The largest absolute Gasteiger partial charge is 0.396 e. The molecule has 0 amide bonds. The van der Waals surface area contributed by atoms with Crippen LogP contribution in [0.25, 0.3) is 0 Å². The maximum Gasteiger partial charge on any atom is 0.373 e. The highest BCUT2D eigenvalue weighted by Gasteiger charge is 2.26. The quantitative estimate of drug-likeness (QED) is 0.0251. The van der Waals surface area contributed by atoms with Crippen molar-refractivity contribution in [2.75, 3.05) is 79.7 Å². The second-order valence-corrected chi connectivity index (χ2v) is 47.4. The van der Waals surface area contributed by atoms with Crippen LogP contribution in [0.3, 0.4) is 0 Å². The number of methoxy groups -OCH3 is 1. The molecule has 9 rings (SSSR count). The van der Waals surface area contributed by atoms with E-state index in [-0.39, 0.29) is 31.1 Å². The van der Waals surface area contributed by atoms with Gasteiger partial charge in [0.2, 0.25) is 0 Å². The number of aliphatic hydroxyl groups excluding tert-OH is 8. The number of hydrogen-bond donors (Lipinski definition) is 8. The van der Waals surface area contributed by atoms with E-state index in [0.29, 0.717) is 50.3 Å². The Morgan fingerprint density at radius 1 is 0.355 bits per heavy atom. The van der Waals surface area contributed by atoms with Gasteiger partial charge in [-0.25, -0.2) is 0 Å². The number of unbranched alkanes of at least 4 members (excludes halogenated alkanes) is 4. The molecule has 3 aliphatic carbocycles. The first-order valence-electron chi connectivity index (χ1n) is 58.3. The third-order valence-corrected chi connectivity index (χ3v) is 27.3. The number of nitrogens with zero attached hydrogens (tertiary/aromatic N) is 1. The summed E-state index contributed by atoms with van der Waals surface area (Å²) in [5, 5.41) is 70.1. The van der Waals surface area contributed by atoms with Gasteiger partial charge in [0, 0.05) is 73.1 Å². The minimum atomic E-state index is 0.00926. The van der Waals surface area contributed by atoms with E-state index >= 15 is 0 Å². The zero-order chi connectivity index (χ0) is 109. The van der Waals surface area contributed by atoms with Crippen LogP contribution in [0, 0.1) is 131 Å². The zero-order valence-electron chi connectivity index (χ0n) is 99.7. The number of ether oxygens (including phenoxy) is 3. The Balaban J connectivity index is -0.000000274. The van der Waals surface area contributed by atoms with Crippen molar-refractivity contribution < 1.29 is 64.7 Å². The van der Waals surface area contributed by atoms with E-state index in [4.69, 9.17) is 49.3 Å². The molecule has 3 aromatic carbocycles. The van der Waals surface area contributed by atoms with Gasteiger partial charge in [0.15, 0.2) is 0 Å². The Kier molecular flexibility index (Phi) is 114. The molecule has 3 saturated heterocycles. The lowest BCUT2D eigenvalue weighted by Gasteiger charge is -2.33. The second kappa shape index (κ2) is 106. The Labute approximate surface area is 878 Å². The molecule has 3 heterocycles. The molecule has 3 aliphatic heterocycles. The van der Waals surface area contributed by atoms with Crippen molar-refractivity contribution in [3.63, 3.8) is 0 Å². The summed E-state index contributed by atoms with van der Waals surface area (Å²) in [6.45, 7) is 83.0. The maximum atomic E-state index is 9.21. The molecule has 2 atom stereocenters. The van der Waals surface area contributed by atoms with Gasteiger partial charge in [-0.1, -0.05) is 376 Å². The molecule has 14 nitrogen and oxygen atoms in total. The number of benzene rings is 3. The zero-order valence-corrected chi connectivity index (χ0v) is 99.7. The minimum Gasteiger partial charge on any atom is -0.396 e. The molecule has 0 radical (unpaired) electrons. The monoisotopic (exact) mass is 1990 g/mol. The molecule has 3 aromatic rings. The fraction of sp³-hybridized carbons (Fsp3) is 0.850. The van der Waals surface area contributed by atoms with Crippen LogP contribution in [0.5, 0.6) is 0 Å². The van der Waals surface area contributed by atoms with E-state index in [1.807, 2.05) is 18.2 Å². The number of aryl methyl sites for hydroxylation is 1. The van der Waals surface area contributed by atoms with Gasteiger partial charge in [0.25, 0.3) is 0 Å². The predicted octanol–water partition coefficient (Wildman–Crippen LogP) is 32.9. The molecule has 3 saturated carbocycles. The van der Waals surface area contributed by atoms with Crippen molar-refractivity contribution in [3.05, 3.63) is 107 Å². The summed E-state index contributed by atoms with van der Waals surface area (Å²) >= 11 is 0. The van der Waals surface area contributed by atoms with Crippen molar-refractivity contribution in [3.8, 4) is 0 Å². The lowest BCUT2D eigenvalue weighted by atomic mass is 9.81. The normalized spacial score (nSPS) is 18.6. The van der Waals surface area contributed by atoms with Crippen molar-refractivity contribution in [2.45, 2.75) is 497 Å². The molecule has 141 heavy (non-hydrogen) atoms. The number of carbonyl (C=O) groups excluding carboxylic acids is 2. The minimum absolute atomic E-state index is 0.00926. The van der Waals surface area contributed by atoms with Gasteiger partial charge in [0.05, 0.1) is 24.4 Å². The van der Waals surface area contributed by atoms with Gasteiger partial charge in [-0.15, -0.1) is 0 Å². The summed E-state index contributed by atoms with van der Waals surface area (Å²) in [5.74, 6) is 16.8. The molecule has 0 aromatic heterocycles. The van der Waals surface area contributed by atoms with Crippen LogP contribution >= 0.6 is 0 Å². The molecule has 8 N–H and O–H groups in total. The van der Waals surface area contributed by atoms with E-state index < -0.39 is 0 Å². The number of likely N-dealkylation sites (tertiary alicyclic amines) is 1. The SMILES string of the molecule is CC(C)C1CCC(O)CC1.CC(C)C1CCC(O)CC1.CC(C)C1CCC(O)CC1.CC(C)C1CCN(Cc2ccccc2)CC1.CC(C)C1CCOCC1.CC(C)CC1CCCO1.CC(C)CCCCCO.CC(C)CCCCO.CC(C)CCCO.CC(C)CCO.CC(C)[C@H](CO)Cc1ccccc1.CCCC(C)C.CCCCC(C)C.COCCC(C)C.Cc1cccc(CC(C)C)c1.O=C=O. The first-order chi connectivity index (χ1) is 66.7. The first kappa shape index (κ1) is 150. The molecular weight excluding hydrogens is 1750 g/mol. The van der Waals surface area contributed by atoms with Crippen molar-refractivity contribution >= 4 is 6.15 Å². The van der Waals surface area contributed by atoms with Crippen molar-refractivity contribution in [1.29, 1.82) is 0 Å². The number of piperidine rings is 1. The Bertz CT molecular complexity index is 2780. The number of aliphatic hydroxyl groups is 8. The number of rotatable bonds is 37. The van der Waals surface area contributed by atoms with Gasteiger partial charge in [-0.3, -0.25) is 4.90 Å². The summed E-state index contributed by atoms with van der Waals surface area (Å²) in [4.78, 5) is 18.8. The van der Waals surface area contributed by atoms with Gasteiger partial charge < -0.3 is 55.1 Å². The summed E-state index contributed by atoms with van der Waals surface area (Å²) in [5.41, 5.74) is 5.59. The lowest BCUT2D eigenvalue weighted by Crippen LogP contribution is -2.34. The molecular formula is C127H247NO13. The third-order valence-electron chi connectivity index (χ3n) is 27.3. The van der Waals surface area contributed by atoms with Crippen molar-refractivity contribution in [2.24, 2.45) is 124 Å². The standard InChI is InChI=1S/C15H23N.C12H18O.C11H16.3C9H18O.2C8H16O.C8H18O.C7H16O.C7H16.2C6H14O.C6H14.C5H12O.CO2/c1-13(2)15-8-10-16(11-9-15)12-14-6-4-3-5-7-14;1-10(2)12(9-13)8-11-6-4-3-5-7-11;1-9(2)7-11-6-4-5-10(3)8-11;3*1-7(2)8-3-5-9(10)6-4-8;1-7(2)8-3-5-9-6-4-8;1-7(2)6-8-4-3-5-9-8;1-8(2)6-4-3-5-7-9;1-7(2)5-3-4-6-8;1-4-5-6-7(2)3;1-6(2)4-5-7-3;1-6(2)4-3-5-7;1-4-5-6(2)3;1-5(2)3-4-6;2-1-3/h3-7,13,15H,8-12H2,1-2H3;3-7,10,12-13H,8-9H2,1-2H3;4-6,8-9H,7H2,1-3H3;3*7-10H,3-6H2,1-2H3;2*7-8H,3-6H2,1-2H3;8-9H,3-7H2,1-2H3;7-8H,3-6H2,1-2H3;7H,4-6H2,1-3H3;6H,4-5H2,1-3H3;6-7H,3-5H2,1-2H3;6H,4-5H2,1-3H3;5-6H,3-4H2,1-2H3;/t;12-;;;;;;;;;;;;;;/m.0............../s1. The van der Waals surface area contributed by atoms with Gasteiger partial charge >= 0.3 is 6.15 Å². The van der Waals surface area contributed by atoms with Crippen LogP contribution < -0.4 is 0 Å². The van der Waals surface area contributed by atoms with E-state index in [1.54, 1.807) is 7.11 Å². The fourth-order valence-electron chi connectivity index (χ4n) is 17.2. The average Bonchev–Trinajstić information content (AvgIpc) is 1.73. The highest BCUT2D eigenvalue weighted by atomic mass is 16.5. The highest BCUT2D eigenvalue weighted by molar-refractivity contribution is 5.22. The highest BCUT2D eigenvalue weighted by Crippen LogP contribution is 2.33. The second-order valence-electron chi connectivity index (χ2n) is 47.4. The smallest absolute Gasteiger partial charge is 0.373 e. The van der Waals surface area contributed by atoms with E-state index in [2.05, 4.69) is 300 Å². The summed E-state index contributed by atoms with van der Waals surface area (Å²) < 4.78 is 15.6. The van der Waals surface area contributed by atoms with E-state index in [1.165, 1.54) is 196 Å². The molecule has 838 valence electrons. The molecule has 6 aliphatic rings. The van der Waals surface area contributed by atoms with Gasteiger partial charge in [-0.05, 0) is 334 Å². The molecule has 14 heteroatoms. The van der Waals surface area contributed by atoms with Crippen LogP contribution in [-0.2, 0) is 43.2 Å². The van der Waals surface area contributed by atoms with Crippen LogP contribution in [-0.4, -0.2) is 156 Å². The van der Waals surface area contributed by atoms with Crippen LogP contribution in [0.1, 0.15) is 469 Å². The van der Waals surface area contributed by atoms with Crippen LogP contribution in [0.2, 0.25) is 0 Å². The molecule has 0 spiro atoms. The van der Waals surface area contributed by atoms with Crippen LogP contribution in [0.4, 0.5) is 0 Å². The average molecular weight is 2000 g/mol. The third kappa shape index (κ3) is 112. The first-order valence-corrected chi connectivity index (χ1v) is 58.3. The summed E-state index contributed by atoms with van der Waals surface area (Å²) in [6, 6.07) is 29.9. The van der Waals surface area contributed by atoms with E-state index in [0.717, 1.165) is 217 Å². The Morgan fingerprint density at radius 3 is 0.993 bits per heavy atom. The predicted molar refractivity (Wildman–Crippen MR) is 614 cm³/mol. The maximum absolute atomic E-state index is 9.21. The molecule has 6 fully saturated rings. The molecule has 0 bridgehead atoms. The van der Waals surface area contributed by atoms with Crippen LogP contribution in [0.15, 0.2) is 84.9 Å². The van der Waals surface area contributed by atoms with E-state index in [9.17, 15) is 15.3 Å². The van der Waals surface area contributed by atoms with Crippen molar-refractivity contribution in [1.82, 2.24) is 4.90 Å². The lowest BCUT2D eigenvalue weighted by molar-refractivity contribution is -0.191. The topological polar surface area (TPSA) is 227 Å². The Morgan fingerprint density at radius 2 is 0.716 bits per heavy atom. The Hall–Kier alpha value is -3.44.